The highest BCUT2D eigenvalue weighted by molar-refractivity contribution is 4.90. The predicted molar refractivity (Wildman–Crippen MR) is 38.6 cm³/mol. The van der Waals surface area contributed by atoms with E-state index in [1.54, 1.807) is 5.92 Å². The van der Waals surface area contributed by atoms with Crippen molar-refractivity contribution in [3.8, 4) is 0 Å². The van der Waals surface area contributed by atoms with Gasteiger partial charge in [-0.3, -0.25) is 0 Å². The molecule has 0 amide bonds. The summed E-state index contributed by atoms with van der Waals surface area (Å²) in [6, 6.07) is 0. The Bertz CT molecular complexity index is 45.1. The first-order valence-electron chi connectivity index (χ1n) is 3.39. The molecule has 0 radical (unpaired) electrons. The van der Waals surface area contributed by atoms with E-state index >= 15 is 0 Å². The Balaban J connectivity index is 3.46. The van der Waals surface area contributed by atoms with Crippen molar-refractivity contribution in [2.75, 3.05) is 0 Å². The fourth-order valence-electron chi connectivity index (χ4n) is 0.667. The van der Waals surface area contributed by atoms with Crippen molar-refractivity contribution in [3.63, 3.8) is 0 Å². The maximum atomic E-state index is 2.25. The lowest BCUT2D eigenvalue weighted by atomic mass is 9.88. The highest BCUT2D eigenvalue weighted by Gasteiger charge is 1.94. The lowest BCUT2D eigenvalue weighted by molar-refractivity contribution is 0.523. The van der Waals surface area contributed by atoms with Crippen molar-refractivity contribution in [1.82, 2.24) is 0 Å². The van der Waals surface area contributed by atoms with Crippen LogP contribution < -0.4 is 0 Å². The van der Waals surface area contributed by atoms with Crippen molar-refractivity contribution in [1.29, 1.82) is 0 Å². The maximum absolute atomic E-state index is 2.25. The van der Waals surface area contributed by atoms with Crippen molar-refractivity contribution in [2.24, 2.45) is 11.8 Å². The van der Waals surface area contributed by atoms with Gasteiger partial charge in [-0.15, -0.1) is 0 Å². The Hall–Kier alpha value is 0. The van der Waals surface area contributed by atoms with Crippen LogP contribution in [0.15, 0.2) is 0 Å². The van der Waals surface area contributed by atoms with Crippen molar-refractivity contribution in [2.45, 2.75) is 34.6 Å². The van der Waals surface area contributed by atoms with Gasteiger partial charge in [0.2, 0.25) is 0 Å². The molecule has 0 atom stereocenters. The fourth-order valence-corrected chi connectivity index (χ4v) is 0.667. The second-order valence-electron chi connectivity index (χ2n) is 3.05. The van der Waals surface area contributed by atoms with E-state index in [1.165, 1.54) is 0 Å². The molecule has 0 fully saturated rings. The molecule has 0 nitrogen and oxygen atoms in total. The molecule has 0 rings (SSSR count). The van der Waals surface area contributed by atoms with Crippen LogP contribution >= 0.6 is 0 Å². The predicted octanol–water partition coefficient (Wildman–Crippen LogP) is 2.89. The standard InChI is InChI=1S/C8H17/c1-6(2)8(5)7(3)4/h6-7H,1-5H3/q-1. The summed E-state index contributed by atoms with van der Waals surface area (Å²) >= 11 is 0. The monoisotopic (exact) mass is 113 g/mol. The fraction of sp³-hybridized carbons (Fsp3) is 0.875. The molecule has 0 aliphatic rings. The molecule has 0 aliphatic carbocycles. The quantitative estimate of drug-likeness (QED) is 0.483. The molecule has 0 N–H and O–H groups in total. The third kappa shape index (κ3) is 2.34. The molecule has 0 aromatic heterocycles. The molecule has 0 saturated carbocycles. The van der Waals surface area contributed by atoms with Crippen LogP contribution in [0.3, 0.4) is 0 Å². The van der Waals surface area contributed by atoms with E-state index in [4.69, 9.17) is 0 Å². The van der Waals surface area contributed by atoms with Crippen LogP contribution in [-0.4, -0.2) is 0 Å². The normalized spacial score (nSPS) is 12.0. The molecular formula is C8H17-. The molecule has 0 heterocycles. The molecule has 0 heteroatoms. The Morgan fingerprint density at radius 1 is 0.875 bits per heavy atom. The zero-order chi connectivity index (χ0) is 6.73. The molecule has 0 aromatic rings. The summed E-state index contributed by atoms with van der Waals surface area (Å²) in [5.74, 6) is 3.12. The van der Waals surface area contributed by atoms with Crippen LogP contribution in [0.4, 0.5) is 0 Å². The van der Waals surface area contributed by atoms with Crippen LogP contribution in [0.2, 0.25) is 0 Å². The largest absolute Gasteiger partial charge is 0.312 e. The van der Waals surface area contributed by atoms with Crippen LogP contribution in [0.5, 0.6) is 0 Å². The van der Waals surface area contributed by atoms with Crippen molar-refractivity contribution < 1.29 is 0 Å². The number of rotatable bonds is 2. The molecular weight excluding hydrogens is 96.1 g/mol. The topological polar surface area (TPSA) is 0 Å². The van der Waals surface area contributed by atoms with E-state index in [0.717, 1.165) is 11.8 Å². The number of hydrogen-bond donors (Lipinski definition) is 0. The summed E-state index contributed by atoms with van der Waals surface area (Å²) in [7, 11) is 0. The van der Waals surface area contributed by atoms with E-state index in [9.17, 15) is 0 Å². The van der Waals surface area contributed by atoms with Crippen LogP contribution in [0.1, 0.15) is 34.6 Å². The van der Waals surface area contributed by atoms with Gasteiger partial charge in [0.15, 0.2) is 0 Å². The summed E-state index contributed by atoms with van der Waals surface area (Å²) in [6.07, 6.45) is 0. The van der Waals surface area contributed by atoms with Gasteiger partial charge in [-0.1, -0.05) is 27.7 Å². The minimum Gasteiger partial charge on any atom is -0.312 e. The molecule has 0 aromatic carbocycles. The lowest BCUT2D eigenvalue weighted by Gasteiger charge is -2.34. The smallest absolute Gasteiger partial charge is 0.0899 e. The first-order chi connectivity index (χ1) is 3.55. The molecule has 0 bridgehead atoms. The Kier molecular flexibility index (Phi) is 3.11. The van der Waals surface area contributed by atoms with Crippen LogP contribution in [0, 0.1) is 17.8 Å². The van der Waals surface area contributed by atoms with Gasteiger partial charge < -0.3 is 5.92 Å². The highest BCUT2D eigenvalue weighted by atomic mass is 14.2. The second-order valence-corrected chi connectivity index (χ2v) is 3.05. The summed E-state index contributed by atoms with van der Waals surface area (Å²) in [5.41, 5.74) is 0. The number of hydrogen-bond acceptors (Lipinski definition) is 0. The first kappa shape index (κ1) is 8.00. The van der Waals surface area contributed by atoms with Gasteiger partial charge in [0, 0.05) is 0 Å². The minimum atomic E-state index is 0.759. The second kappa shape index (κ2) is 3.11. The summed E-state index contributed by atoms with van der Waals surface area (Å²) in [6.45, 7) is 11.2. The summed E-state index contributed by atoms with van der Waals surface area (Å²) in [5, 5.41) is 0. The SMILES string of the molecule is C[C-](C(C)C)C(C)C. The average Bonchev–Trinajstić information content (AvgIpc) is 1.64. The summed E-state index contributed by atoms with van der Waals surface area (Å²) < 4.78 is 0. The van der Waals surface area contributed by atoms with Crippen molar-refractivity contribution in [3.05, 3.63) is 5.92 Å². The zero-order valence-electron chi connectivity index (χ0n) is 6.65. The van der Waals surface area contributed by atoms with Gasteiger partial charge in [0.25, 0.3) is 0 Å². The molecule has 0 spiro atoms. The molecule has 50 valence electrons. The van der Waals surface area contributed by atoms with Crippen molar-refractivity contribution >= 4 is 0 Å². The Labute approximate surface area is 53.3 Å². The highest BCUT2D eigenvalue weighted by Crippen LogP contribution is 2.20. The minimum absolute atomic E-state index is 0.759. The third-order valence-corrected chi connectivity index (χ3v) is 1.82. The third-order valence-electron chi connectivity index (χ3n) is 1.82. The molecule has 0 saturated heterocycles. The average molecular weight is 113 g/mol. The summed E-state index contributed by atoms with van der Waals surface area (Å²) in [4.78, 5) is 0. The Morgan fingerprint density at radius 2 is 1.12 bits per heavy atom. The van der Waals surface area contributed by atoms with Gasteiger partial charge >= 0.3 is 0 Å². The lowest BCUT2D eigenvalue weighted by Crippen LogP contribution is -2.07. The first-order valence-corrected chi connectivity index (χ1v) is 3.39. The van der Waals surface area contributed by atoms with Gasteiger partial charge in [-0.25, -0.2) is 0 Å². The van der Waals surface area contributed by atoms with Gasteiger partial charge in [-0.2, -0.15) is 18.8 Å². The van der Waals surface area contributed by atoms with E-state index < -0.39 is 0 Å². The van der Waals surface area contributed by atoms with Gasteiger partial charge in [0.1, 0.15) is 0 Å². The molecule has 0 unspecified atom stereocenters. The molecule has 8 heavy (non-hydrogen) atoms. The van der Waals surface area contributed by atoms with E-state index in [2.05, 4.69) is 34.6 Å². The maximum Gasteiger partial charge on any atom is -0.0899 e. The van der Waals surface area contributed by atoms with Crippen LogP contribution in [0.25, 0.3) is 0 Å². The van der Waals surface area contributed by atoms with E-state index in [0.29, 0.717) is 0 Å². The Morgan fingerprint density at radius 3 is 1.12 bits per heavy atom. The van der Waals surface area contributed by atoms with E-state index in [1.807, 2.05) is 0 Å². The van der Waals surface area contributed by atoms with Gasteiger partial charge in [0.05, 0.1) is 0 Å². The van der Waals surface area contributed by atoms with E-state index in [-0.39, 0.29) is 0 Å². The molecule has 0 aliphatic heterocycles. The zero-order valence-corrected chi connectivity index (χ0v) is 6.65. The van der Waals surface area contributed by atoms with Gasteiger partial charge in [-0.05, 0) is 0 Å². The van der Waals surface area contributed by atoms with Crippen LogP contribution in [-0.2, 0) is 0 Å².